The summed E-state index contributed by atoms with van der Waals surface area (Å²) < 4.78 is 13.3. The van der Waals surface area contributed by atoms with Gasteiger partial charge in [0.05, 0.1) is 29.9 Å². The maximum absolute atomic E-state index is 11.9. The number of nitrogens with one attached hydrogen (secondary N) is 1. The second-order valence-corrected chi connectivity index (χ2v) is 7.63. The normalized spacial score (nSPS) is 22.3. The fourth-order valence-corrected chi connectivity index (χ4v) is 3.98. The van der Waals surface area contributed by atoms with E-state index in [0.29, 0.717) is 24.8 Å². The Kier molecular flexibility index (Phi) is 4.58. The van der Waals surface area contributed by atoms with Crippen LogP contribution >= 0.6 is 0 Å². The Bertz CT molecular complexity index is 752. The van der Waals surface area contributed by atoms with E-state index in [-0.39, 0.29) is 11.5 Å². The molecule has 2 fully saturated rings. The predicted molar refractivity (Wildman–Crippen MR) is 95.7 cm³/mol. The monoisotopic (exact) mass is 358 g/mol. The van der Waals surface area contributed by atoms with Crippen molar-refractivity contribution in [1.29, 1.82) is 0 Å². The summed E-state index contributed by atoms with van der Waals surface area (Å²) in [5.74, 6) is 0.572. The number of likely N-dealkylation sites (tertiary alicyclic amines) is 1. The van der Waals surface area contributed by atoms with Crippen molar-refractivity contribution in [3.63, 3.8) is 0 Å². The van der Waals surface area contributed by atoms with E-state index < -0.39 is 0 Å². The molecule has 4 rings (SSSR count). The standard InChI is InChI=1S/C19H26N4O3/c1-14-8-16(22(2)21-14)10-23-12-19(13-23)6-5-15(11-26-19)9-20-18(24)17-4-3-7-25-17/h3-4,7-8,15H,5-6,9-13H2,1-2H3,(H,20,24). The van der Waals surface area contributed by atoms with Crippen molar-refractivity contribution in [2.75, 3.05) is 26.2 Å². The number of aryl methyl sites for hydroxylation is 2. The second-order valence-electron chi connectivity index (χ2n) is 7.63. The van der Waals surface area contributed by atoms with Gasteiger partial charge in [0.1, 0.15) is 0 Å². The van der Waals surface area contributed by atoms with Gasteiger partial charge in [0, 0.05) is 33.2 Å². The molecular weight excluding hydrogens is 332 g/mol. The van der Waals surface area contributed by atoms with Crippen LogP contribution < -0.4 is 5.32 Å². The summed E-state index contributed by atoms with van der Waals surface area (Å²) in [4.78, 5) is 14.3. The summed E-state index contributed by atoms with van der Waals surface area (Å²) in [6, 6.07) is 5.54. The average Bonchev–Trinajstić information content (AvgIpc) is 3.23. The SMILES string of the molecule is Cc1cc(CN2CC3(CCC(CNC(=O)c4ccco4)CO3)C2)n(C)n1. The number of nitrogens with zero attached hydrogens (tertiary/aromatic N) is 3. The van der Waals surface area contributed by atoms with Crippen LogP contribution in [-0.4, -0.2) is 52.4 Å². The third-order valence-electron chi connectivity index (χ3n) is 5.44. The van der Waals surface area contributed by atoms with Gasteiger partial charge in [0.15, 0.2) is 5.76 Å². The average molecular weight is 358 g/mol. The molecule has 140 valence electrons. The Labute approximate surface area is 153 Å². The molecule has 0 radical (unpaired) electrons. The van der Waals surface area contributed by atoms with E-state index in [4.69, 9.17) is 9.15 Å². The number of ether oxygens (including phenoxy) is 1. The minimum absolute atomic E-state index is 0.00909. The number of hydrogen-bond acceptors (Lipinski definition) is 5. The van der Waals surface area contributed by atoms with Gasteiger partial charge >= 0.3 is 0 Å². The van der Waals surface area contributed by atoms with E-state index in [1.54, 1.807) is 12.1 Å². The number of aromatic nitrogens is 2. The van der Waals surface area contributed by atoms with Gasteiger partial charge in [-0.1, -0.05) is 0 Å². The predicted octanol–water partition coefficient (Wildman–Crippen LogP) is 1.73. The molecule has 2 aromatic rings. The van der Waals surface area contributed by atoms with Crippen molar-refractivity contribution in [2.45, 2.75) is 31.9 Å². The second kappa shape index (κ2) is 6.89. The van der Waals surface area contributed by atoms with Crippen molar-refractivity contribution >= 4 is 5.91 Å². The number of rotatable bonds is 5. The quantitative estimate of drug-likeness (QED) is 0.881. The van der Waals surface area contributed by atoms with Gasteiger partial charge in [-0.2, -0.15) is 5.10 Å². The molecule has 1 amide bonds. The zero-order valence-electron chi connectivity index (χ0n) is 15.4. The molecule has 2 aliphatic rings. The van der Waals surface area contributed by atoms with Gasteiger partial charge in [-0.15, -0.1) is 0 Å². The van der Waals surface area contributed by atoms with Crippen molar-refractivity contribution in [2.24, 2.45) is 13.0 Å². The van der Waals surface area contributed by atoms with E-state index in [1.807, 2.05) is 18.7 Å². The highest BCUT2D eigenvalue weighted by Crippen LogP contribution is 2.36. The van der Waals surface area contributed by atoms with Crippen LogP contribution in [0.15, 0.2) is 28.9 Å². The smallest absolute Gasteiger partial charge is 0.286 e. The molecule has 7 heteroatoms. The van der Waals surface area contributed by atoms with Crippen LogP contribution in [0.1, 0.15) is 34.8 Å². The third-order valence-corrected chi connectivity index (χ3v) is 5.44. The van der Waals surface area contributed by atoms with E-state index >= 15 is 0 Å². The number of hydrogen-bond donors (Lipinski definition) is 1. The summed E-state index contributed by atoms with van der Waals surface area (Å²) in [5, 5.41) is 7.34. The van der Waals surface area contributed by atoms with Crippen LogP contribution in [0.2, 0.25) is 0 Å². The topological polar surface area (TPSA) is 72.5 Å². The van der Waals surface area contributed by atoms with E-state index in [2.05, 4.69) is 21.4 Å². The summed E-state index contributed by atoms with van der Waals surface area (Å²) in [6.07, 6.45) is 3.64. The maximum atomic E-state index is 11.9. The Morgan fingerprint density at radius 3 is 2.92 bits per heavy atom. The van der Waals surface area contributed by atoms with Crippen LogP contribution in [0.3, 0.4) is 0 Å². The molecule has 1 N–H and O–H groups in total. The molecular formula is C19H26N4O3. The van der Waals surface area contributed by atoms with Crippen molar-refractivity contribution in [3.8, 4) is 0 Å². The molecule has 2 aromatic heterocycles. The minimum atomic E-state index is -0.156. The van der Waals surface area contributed by atoms with Gasteiger partial charge in [-0.3, -0.25) is 14.4 Å². The highest BCUT2D eigenvalue weighted by atomic mass is 16.5. The van der Waals surface area contributed by atoms with Crippen LogP contribution in [0.5, 0.6) is 0 Å². The number of furan rings is 1. The fraction of sp³-hybridized carbons (Fsp3) is 0.579. The van der Waals surface area contributed by atoms with Crippen molar-refractivity contribution < 1.29 is 13.9 Å². The first-order valence-electron chi connectivity index (χ1n) is 9.21. The minimum Gasteiger partial charge on any atom is -0.459 e. The molecule has 1 spiro atoms. The van der Waals surface area contributed by atoms with Gasteiger partial charge in [0.2, 0.25) is 0 Å². The van der Waals surface area contributed by atoms with Gasteiger partial charge in [-0.25, -0.2) is 0 Å². The van der Waals surface area contributed by atoms with Gasteiger partial charge in [-0.05, 0) is 43.9 Å². The number of amides is 1. The first-order valence-corrected chi connectivity index (χ1v) is 9.21. The third kappa shape index (κ3) is 3.54. The van der Waals surface area contributed by atoms with E-state index in [1.165, 1.54) is 12.0 Å². The van der Waals surface area contributed by atoms with E-state index in [0.717, 1.165) is 38.2 Å². The van der Waals surface area contributed by atoms with Crippen LogP contribution in [0, 0.1) is 12.8 Å². The highest BCUT2D eigenvalue weighted by molar-refractivity contribution is 5.91. The van der Waals surface area contributed by atoms with Crippen LogP contribution in [0.25, 0.3) is 0 Å². The first kappa shape index (κ1) is 17.3. The molecule has 7 nitrogen and oxygen atoms in total. The van der Waals surface area contributed by atoms with Gasteiger partial charge < -0.3 is 14.5 Å². The lowest BCUT2D eigenvalue weighted by Gasteiger charge is -2.52. The molecule has 26 heavy (non-hydrogen) atoms. The van der Waals surface area contributed by atoms with Crippen LogP contribution in [0.4, 0.5) is 0 Å². The Balaban J connectivity index is 1.20. The highest BCUT2D eigenvalue weighted by Gasteiger charge is 2.46. The molecule has 0 bridgehead atoms. The van der Waals surface area contributed by atoms with Gasteiger partial charge in [0.25, 0.3) is 5.91 Å². The Morgan fingerprint density at radius 1 is 1.46 bits per heavy atom. The molecule has 0 aromatic carbocycles. The molecule has 0 saturated carbocycles. The first-order chi connectivity index (χ1) is 12.5. The molecule has 2 saturated heterocycles. The van der Waals surface area contributed by atoms with Crippen molar-refractivity contribution in [3.05, 3.63) is 41.6 Å². The maximum Gasteiger partial charge on any atom is 0.286 e. The lowest BCUT2D eigenvalue weighted by atomic mass is 9.83. The zero-order valence-corrected chi connectivity index (χ0v) is 15.4. The lowest BCUT2D eigenvalue weighted by molar-refractivity contribution is -0.181. The molecule has 1 atom stereocenters. The largest absolute Gasteiger partial charge is 0.459 e. The number of carbonyl (C=O) groups is 1. The summed E-state index contributed by atoms with van der Waals surface area (Å²) in [7, 11) is 2.00. The zero-order chi connectivity index (χ0) is 18.1. The fourth-order valence-electron chi connectivity index (χ4n) is 3.98. The molecule has 2 aliphatic heterocycles. The van der Waals surface area contributed by atoms with Crippen LogP contribution in [-0.2, 0) is 18.3 Å². The Hall–Kier alpha value is -2.12. The molecule has 0 aliphatic carbocycles. The van der Waals surface area contributed by atoms with E-state index in [9.17, 15) is 4.79 Å². The number of carbonyl (C=O) groups excluding carboxylic acids is 1. The Morgan fingerprint density at radius 2 is 2.31 bits per heavy atom. The lowest BCUT2D eigenvalue weighted by Crippen LogP contribution is -2.64. The summed E-state index contributed by atoms with van der Waals surface area (Å²) in [5.41, 5.74) is 2.31. The summed E-state index contributed by atoms with van der Waals surface area (Å²) in [6.45, 7) is 6.23. The van der Waals surface area contributed by atoms with Crippen molar-refractivity contribution in [1.82, 2.24) is 20.0 Å². The molecule has 4 heterocycles. The molecule has 1 unspecified atom stereocenters. The summed E-state index contributed by atoms with van der Waals surface area (Å²) >= 11 is 0.